The van der Waals surface area contributed by atoms with Crippen LogP contribution < -0.4 is 10.6 Å². The van der Waals surface area contributed by atoms with Gasteiger partial charge in [-0.25, -0.2) is 0 Å². The SMILES string of the molecule is CCCCCCCCCCCNCCNC1CCCCCCC1. The second kappa shape index (κ2) is 16.8. The summed E-state index contributed by atoms with van der Waals surface area (Å²) in [7, 11) is 0. The van der Waals surface area contributed by atoms with E-state index < -0.39 is 0 Å². The van der Waals surface area contributed by atoms with Gasteiger partial charge in [-0.3, -0.25) is 0 Å². The lowest BCUT2D eigenvalue weighted by molar-refractivity contribution is 0.388. The summed E-state index contributed by atoms with van der Waals surface area (Å²) in [4.78, 5) is 0. The Kier molecular flexibility index (Phi) is 15.3. The van der Waals surface area contributed by atoms with Crippen LogP contribution in [0.15, 0.2) is 0 Å². The molecule has 0 atom stereocenters. The Morgan fingerprint density at radius 1 is 0.609 bits per heavy atom. The first-order valence-electron chi connectivity index (χ1n) is 10.9. The fraction of sp³-hybridized carbons (Fsp3) is 1.00. The van der Waals surface area contributed by atoms with Gasteiger partial charge in [-0.2, -0.15) is 0 Å². The first kappa shape index (κ1) is 21.0. The van der Waals surface area contributed by atoms with Crippen LogP contribution in [-0.4, -0.2) is 25.7 Å². The van der Waals surface area contributed by atoms with E-state index in [4.69, 9.17) is 0 Å². The first-order valence-corrected chi connectivity index (χ1v) is 10.9. The van der Waals surface area contributed by atoms with E-state index in [9.17, 15) is 0 Å². The van der Waals surface area contributed by atoms with E-state index in [1.54, 1.807) is 0 Å². The summed E-state index contributed by atoms with van der Waals surface area (Å²) in [5.74, 6) is 0. The second-order valence-corrected chi connectivity index (χ2v) is 7.57. The van der Waals surface area contributed by atoms with Crippen LogP contribution in [-0.2, 0) is 0 Å². The molecule has 0 heterocycles. The molecule has 0 bridgehead atoms. The molecule has 0 aromatic carbocycles. The van der Waals surface area contributed by atoms with Crippen LogP contribution in [0.25, 0.3) is 0 Å². The molecule has 1 aliphatic carbocycles. The van der Waals surface area contributed by atoms with Gasteiger partial charge >= 0.3 is 0 Å². The molecule has 0 unspecified atom stereocenters. The first-order chi connectivity index (χ1) is 11.4. The van der Waals surface area contributed by atoms with Gasteiger partial charge in [0.2, 0.25) is 0 Å². The maximum atomic E-state index is 3.76. The fourth-order valence-electron chi connectivity index (χ4n) is 3.71. The Morgan fingerprint density at radius 3 is 1.83 bits per heavy atom. The molecule has 23 heavy (non-hydrogen) atoms. The highest BCUT2D eigenvalue weighted by molar-refractivity contribution is 4.70. The zero-order chi connectivity index (χ0) is 16.4. The predicted octanol–water partition coefficient (Wildman–Crippen LogP) is 5.81. The van der Waals surface area contributed by atoms with Gasteiger partial charge in [0.05, 0.1) is 0 Å². The van der Waals surface area contributed by atoms with E-state index in [1.165, 1.54) is 109 Å². The Bertz CT molecular complexity index is 222. The monoisotopic (exact) mass is 324 g/mol. The van der Waals surface area contributed by atoms with Gasteiger partial charge in [0.25, 0.3) is 0 Å². The highest BCUT2D eigenvalue weighted by Crippen LogP contribution is 2.16. The van der Waals surface area contributed by atoms with Crippen molar-refractivity contribution >= 4 is 0 Å². The Hall–Kier alpha value is -0.0800. The molecule has 1 rings (SSSR count). The molecule has 0 amide bonds. The van der Waals surface area contributed by atoms with Crippen LogP contribution in [0, 0.1) is 0 Å². The number of nitrogens with one attached hydrogen (secondary N) is 2. The van der Waals surface area contributed by atoms with Gasteiger partial charge < -0.3 is 10.6 Å². The van der Waals surface area contributed by atoms with Crippen LogP contribution in [0.1, 0.15) is 110 Å². The van der Waals surface area contributed by atoms with Crippen LogP contribution >= 0.6 is 0 Å². The lowest BCUT2D eigenvalue weighted by Crippen LogP contribution is -2.35. The molecule has 138 valence electrons. The number of rotatable bonds is 14. The van der Waals surface area contributed by atoms with E-state index in [2.05, 4.69) is 17.6 Å². The third-order valence-corrected chi connectivity index (χ3v) is 5.30. The zero-order valence-electron chi connectivity index (χ0n) is 16.0. The van der Waals surface area contributed by atoms with Crippen molar-refractivity contribution < 1.29 is 0 Å². The van der Waals surface area contributed by atoms with E-state index >= 15 is 0 Å². The van der Waals surface area contributed by atoms with Gasteiger partial charge in [0.15, 0.2) is 0 Å². The van der Waals surface area contributed by atoms with Gasteiger partial charge in [-0.15, -0.1) is 0 Å². The molecular weight excluding hydrogens is 280 g/mol. The largest absolute Gasteiger partial charge is 0.315 e. The van der Waals surface area contributed by atoms with Crippen molar-refractivity contribution in [1.82, 2.24) is 10.6 Å². The van der Waals surface area contributed by atoms with Crippen molar-refractivity contribution in [3.63, 3.8) is 0 Å². The smallest absolute Gasteiger partial charge is 0.00793 e. The molecule has 0 saturated heterocycles. The van der Waals surface area contributed by atoms with E-state index in [0.29, 0.717) is 0 Å². The maximum Gasteiger partial charge on any atom is 0.00793 e. The third-order valence-electron chi connectivity index (χ3n) is 5.30. The van der Waals surface area contributed by atoms with Crippen molar-refractivity contribution in [2.24, 2.45) is 0 Å². The number of hydrogen-bond acceptors (Lipinski definition) is 2. The van der Waals surface area contributed by atoms with E-state index in [0.717, 1.165) is 19.1 Å². The molecule has 0 aliphatic heterocycles. The maximum absolute atomic E-state index is 3.76. The molecule has 0 aromatic rings. The summed E-state index contributed by atoms with van der Waals surface area (Å²) in [6, 6.07) is 0.796. The second-order valence-electron chi connectivity index (χ2n) is 7.57. The summed E-state index contributed by atoms with van der Waals surface area (Å²) in [6.45, 7) is 5.80. The molecule has 2 heteroatoms. The molecule has 0 radical (unpaired) electrons. The standard InChI is InChI=1S/C21H44N2/c1-2-3-4-5-6-7-8-12-15-18-22-19-20-23-21-16-13-10-9-11-14-17-21/h21-23H,2-20H2,1H3. The Morgan fingerprint density at radius 2 is 1.17 bits per heavy atom. The normalized spacial score (nSPS) is 17.1. The average molecular weight is 325 g/mol. The highest BCUT2D eigenvalue weighted by Gasteiger charge is 2.09. The highest BCUT2D eigenvalue weighted by atomic mass is 15.0. The topological polar surface area (TPSA) is 24.1 Å². The minimum Gasteiger partial charge on any atom is -0.315 e. The van der Waals surface area contributed by atoms with Gasteiger partial charge in [0, 0.05) is 19.1 Å². The van der Waals surface area contributed by atoms with Crippen molar-refractivity contribution in [1.29, 1.82) is 0 Å². The zero-order valence-corrected chi connectivity index (χ0v) is 16.0. The Balaban J connectivity index is 1.75. The molecule has 2 N–H and O–H groups in total. The third kappa shape index (κ3) is 14.0. The molecule has 0 aromatic heterocycles. The fourth-order valence-corrected chi connectivity index (χ4v) is 3.71. The van der Waals surface area contributed by atoms with Crippen molar-refractivity contribution in [3.05, 3.63) is 0 Å². The van der Waals surface area contributed by atoms with Crippen LogP contribution in [0.4, 0.5) is 0 Å². The van der Waals surface area contributed by atoms with E-state index in [1.807, 2.05) is 0 Å². The predicted molar refractivity (Wildman–Crippen MR) is 104 cm³/mol. The number of hydrogen-bond donors (Lipinski definition) is 2. The van der Waals surface area contributed by atoms with Gasteiger partial charge in [-0.1, -0.05) is 90.4 Å². The van der Waals surface area contributed by atoms with Crippen molar-refractivity contribution in [3.8, 4) is 0 Å². The summed E-state index contributed by atoms with van der Waals surface area (Å²) < 4.78 is 0. The Labute approximate surface area is 146 Å². The molecule has 0 spiro atoms. The number of unbranched alkanes of at least 4 members (excludes halogenated alkanes) is 8. The molecule has 1 saturated carbocycles. The summed E-state index contributed by atoms with van der Waals surface area (Å²) in [5.41, 5.74) is 0. The lowest BCUT2D eigenvalue weighted by atomic mass is 9.97. The summed E-state index contributed by atoms with van der Waals surface area (Å²) in [5, 5.41) is 7.37. The molecule has 1 aliphatic rings. The van der Waals surface area contributed by atoms with Crippen molar-refractivity contribution in [2.45, 2.75) is 116 Å². The van der Waals surface area contributed by atoms with Crippen LogP contribution in [0.5, 0.6) is 0 Å². The minimum atomic E-state index is 0.796. The molecule has 1 fully saturated rings. The average Bonchev–Trinajstić information content (AvgIpc) is 2.53. The summed E-state index contributed by atoms with van der Waals surface area (Å²) >= 11 is 0. The lowest BCUT2D eigenvalue weighted by Gasteiger charge is -2.21. The minimum absolute atomic E-state index is 0.796. The molecule has 2 nitrogen and oxygen atoms in total. The van der Waals surface area contributed by atoms with Crippen LogP contribution in [0.3, 0.4) is 0 Å². The molecular formula is C21H44N2. The van der Waals surface area contributed by atoms with E-state index in [-0.39, 0.29) is 0 Å². The van der Waals surface area contributed by atoms with Gasteiger partial charge in [0.1, 0.15) is 0 Å². The van der Waals surface area contributed by atoms with Crippen LogP contribution in [0.2, 0.25) is 0 Å². The summed E-state index contributed by atoms with van der Waals surface area (Å²) in [6.07, 6.45) is 22.9. The quantitative estimate of drug-likeness (QED) is 0.394. The van der Waals surface area contributed by atoms with Crippen molar-refractivity contribution in [2.75, 3.05) is 19.6 Å². The van der Waals surface area contributed by atoms with Gasteiger partial charge in [-0.05, 0) is 25.8 Å².